The Bertz CT molecular complexity index is 450. The van der Waals surface area contributed by atoms with Gasteiger partial charge in [-0.15, -0.1) is 0 Å². The van der Waals surface area contributed by atoms with Crippen LogP contribution < -0.4 is 0 Å². The van der Waals surface area contributed by atoms with Crippen molar-refractivity contribution in [1.29, 1.82) is 0 Å². The van der Waals surface area contributed by atoms with Crippen molar-refractivity contribution in [2.24, 2.45) is 0 Å². The van der Waals surface area contributed by atoms with Crippen molar-refractivity contribution in [1.82, 2.24) is 4.98 Å². The predicted octanol–water partition coefficient (Wildman–Crippen LogP) is 2.56. The van der Waals surface area contributed by atoms with Crippen LogP contribution in [0.15, 0.2) is 41.3 Å². The summed E-state index contributed by atoms with van der Waals surface area (Å²) in [5.41, 5.74) is 0.857. The molecule has 2 aromatic rings. The molecule has 0 atom stereocenters. The number of hydrogen-bond donors (Lipinski definition) is 0. The van der Waals surface area contributed by atoms with Gasteiger partial charge in [0.25, 0.3) is 0 Å². The Balaban J connectivity index is 2.39. The van der Waals surface area contributed by atoms with Gasteiger partial charge in [-0.25, -0.2) is 0 Å². The largest absolute Gasteiger partial charge is 0.452 e. The van der Waals surface area contributed by atoms with E-state index < -0.39 is 0 Å². The van der Waals surface area contributed by atoms with Crippen LogP contribution in [0.5, 0.6) is 0 Å². The number of furan rings is 1. The van der Waals surface area contributed by atoms with Crippen LogP contribution >= 0.6 is 11.6 Å². The van der Waals surface area contributed by atoms with Gasteiger partial charge in [0.15, 0.2) is 5.78 Å². The zero-order valence-electron chi connectivity index (χ0n) is 7.11. The molecule has 2 heterocycles. The summed E-state index contributed by atoms with van der Waals surface area (Å²) in [5.74, 6) is -0.183. The first kappa shape index (κ1) is 8.97. The molecule has 4 heteroatoms. The lowest BCUT2D eigenvalue weighted by Gasteiger charge is -1.96. The fourth-order valence-electron chi connectivity index (χ4n) is 1.11. The molecule has 70 valence electrons. The summed E-state index contributed by atoms with van der Waals surface area (Å²) in [5, 5.41) is 0.110. The van der Waals surface area contributed by atoms with E-state index in [-0.39, 0.29) is 11.0 Å². The molecule has 3 nitrogen and oxygen atoms in total. The maximum atomic E-state index is 11.7. The standard InChI is InChI=1S/C10H6ClNO2/c11-10-8(3-5-14-10)9(13)7-2-1-4-12-6-7/h1-6H. The molecule has 0 N–H and O–H groups in total. The van der Waals surface area contributed by atoms with Gasteiger partial charge in [-0.2, -0.15) is 0 Å². The van der Waals surface area contributed by atoms with E-state index in [9.17, 15) is 4.79 Å². The third-order valence-corrected chi connectivity index (χ3v) is 2.08. The first-order chi connectivity index (χ1) is 6.79. The summed E-state index contributed by atoms with van der Waals surface area (Å²) in [6, 6.07) is 4.91. The lowest BCUT2D eigenvalue weighted by molar-refractivity contribution is 0.103. The number of carbonyl (C=O) groups is 1. The predicted molar refractivity (Wildman–Crippen MR) is 51.4 cm³/mol. The highest BCUT2D eigenvalue weighted by Crippen LogP contribution is 2.19. The van der Waals surface area contributed by atoms with Gasteiger partial charge in [-0.3, -0.25) is 9.78 Å². The Morgan fingerprint density at radius 2 is 2.29 bits per heavy atom. The van der Waals surface area contributed by atoms with Crippen LogP contribution in [0.1, 0.15) is 15.9 Å². The molecule has 0 aromatic carbocycles. The number of halogens is 1. The molecule has 0 aliphatic heterocycles. The van der Waals surface area contributed by atoms with Gasteiger partial charge in [0.2, 0.25) is 5.22 Å². The molecule has 0 fully saturated rings. The van der Waals surface area contributed by atoms with Crippen molar-refractivity contribution < 1.29 is 9.21 Å². The molecule has 0 saturated heterocycles. The molecular formula is C10H6ClNO2. The van der Waals surface area contributed by atoms with Crippen LogP contribution in [-0.2, 0) is 0 Å². The van der Waals surface area contributed by atoms with Gasteiger partial charge >= 0.3 is 0 Å². The van der Waals surface area contributed by atoms with E-state index in [1.165, 1.54) is 18.5 Å². The summed E-state index contributed by atoms with van der Waals surface area (Å²) >= 11 is 5.68. The van der Waals surface area contributed by atoms with E-state index in [1.807, 2.05) is 0 Å². The number of aromatic nitrogens is 1. The second-order valence-corrected chi connectivity index (χ2v) is 3.02. The van der Waals surface area contributed by atoms with E-state index in [1.54, 1.807) is 18.3 Å². The molecule has 0 aliphatic rings. The SMILES string of the molecule is O=C(c1cccnc1)c1ccoc1Cl. The van der Waals surface area contributed by atoms with E-state index in [0.29, 0.717) is 11.1 Å². The van der Waals surface area contributed by atoms with Crippen LogP contribution in [0.3, 0.4) is 0 Å². The molecule has 0 radical (unpaired) electrons. The minimum Gasteiger partial charge on any atom is -0.452 e. The second kappa shape index (κ2) is 3.64. The first-order valence-corrected chi connectivity index (χ1v) is 4.34. The lowest BCUT2D eigenvalue weighted by atomic mass is 10.1. The molecule has 2 aromatic heterocycles. The van der Waals surface area contributed by atoms with Crippen LogP contribution in [-0.4, -0.2) is 10.8 Å². The minimum atomic E-state index is -0.183. The molecule has 14 heavy (non-hydrogen) atoms. The molecule has 0 bridgehead atoms. The monoisotopic (exact) mass is 207 g/mol. The number of carbonyl (C=O) groups excluding carboxylic acids is 1. The van der Waals surface area contributed by atoms with E-state index in [4.69, 9.17) is 16.0 Å². The number of pyridine rings is 1. The van der Waals surface area contributed by atoms with Gasteiger partial charge < -0.3 is 4.42 Å². The molecular weight excluding hydrogens is 202 g/mol. The van der Waals surface area contributed by atoms with Gasteiger partial charge in [0.05, 0.1) is 11.8 Å². The van der Waals surface area contributed by atoms with Crippen LogP contribution in [0.25, 0.3) is 0 Å². The average Bonchev–Trinajstić information content (AvgIpc) is 2.65. The van der Waals surface area contributed by atoms with Crippen molar-refractivity contribution in [3.63, 3.8) is 0 Å². The summed E-state index contributed by atoms with van der Waals surface area (Å²) in [6.07, 6.45) is 4.48. The van der Waals surface area contributed by atoms with Gasteiger partial charge in [-0.05, 0) is 29.8 Å². The second-order valence-electron chi connectivity index (χ2n) is 2.68. The smallest absolute Gasteiger partial charge is 0.204 e. The number of ketones is 1. The summed E-state index contributed by atoms with van der Waals surface area (Å²) in [7, 11) is 0. The van der Waals surface area contributed by atoms with Crippen LogP contribution in [0.4, 0.5) is 0 Å². The fraction of sp³-hybridized carbons (Fsp3) is 0. The summed E-state index contributed by atoms with van der Waals surface area (Å²) in [6.45, 7) is 0. The van der Waals surface area contributed by atoms with Gasteiger partial charge in [0.1, 0.15) is 0 Å². The van der Waals surface area contributed by atoms with Crippen molar-refractivity contribution in [2.45, 2.75) is 0 Å². The maximum absolute atomic E-state index is 11.7. The zero-order chi connectivity index (χ0) is 9.97. The van der Waals surface area contributed by atoms with E-state index in [0.717, 1.165) is 0 Å². The maximum Gasteiger partial charge on any atom is 0.204 e. The van der Waals surface area contributed by atoms with E-state index >= 15 is 0 Å². The normalized spacial score (nSPS) is 10.1. The Morgan fingerprint density at radius 3 is 2.86 bits per heavy atom. The minimum absolute atomic E-state index is 0.110. The Kier molecular flexibility index (Phi) is 2.33. The molecule has 0 aliphatic carbocycles. The third kappa shape index (κ3) is 1.54. The quantitative estimate of drug-likeness (QED) is 0.711. The van der Waals surface area contributed by atoms with Crippen molar-refractivity contribution in [2.75, 3.05) is 0 Å². The topological polar surface area (TPSA) is 43.1 Å². The molecule has 0 spiro atoms. The van der Waals surface area contributed by atoms with Crippen molar-refractivity contribution in [3.8, 4) is 0 Å². The number of hydrogen-bond acceptors (Lipinski definition) is 3. The molecule has 2 rings (SSSR count). The summed E-state index contributed by atoms with van der Waals surface area (Å²) < 4.78 is 4.83. The third-order valence-electron chi connectivity index (χ3n) is 1.79. The Labute approximate surface area is 85.3 Å². The highest BCUT2D eigenvalue weighted by molar-refractivity contribution is 6.33. The average molecular weight is 208 g/mol. The lowest BCUT2D eigenvalue weighted by Crippen LogP contribution is -2.00. The number of rotatable bonds is 2. The van der Waals surface area contributed by atoms with Crippen LogP contribution in [0.2, 0.25) is 5.22 Å². The molecule has 0 amide bonds. The highest BCUT2D eigenvalue weighted by Gasteiger charge is 2.14. The zero-order valence-corrected chi connectivity index (χ0v) is 7.86. The van der Waals surface area contributed by atoms with E-state index in [2.05, 4.69) is 4.98 Å². The van der Waals surface area contributed by atoms with Gasteiger partial charge in [0, 0.05) is 18.0 Å². The van der Waals surface area contributed by atoms with Crippen molar-refractivity contribution in [3.05, 3.63) is 53.2 Å². The van der Waals surface area contributed by atoms with Gasteiger partial charge in [-0.1, -0.05) is 0 Å². The Hall–Kier alpha value is -1.61. The molecule has 0 unspecified atom stereocenters. The Morgan fingerprint density at radius 1 is 1.43 bits per heavy atom. The summed E-state index contributed by atoms with van der Waals surface area (Å²) in [4.78, 5) is 15.6. The fourth-order valence-corrected chi connectivity index (χ4v) is 1.31. The highest BCUT2D eigenvalue weighted by atomic mass is 35.5. The van der Waals surface area contributed by atoms with Crippen molar-refractivity contribution >= 4 is 17.4 Å². The first-order valence-electron chi connectivity index (χ1n) is 3.97. The number of nitrogens with zero attached hydrogens (tertiary/aromatic N) is 1. The molecule has 0 saturated carbocycles. The van der Waals surface area contributed by atoms with Crippen LogP contribution in [0, 0.1) is 0 Å².